The first-order valence-electron chi connectivity index (χ1n) is 11.0. The SMILES string of the molecule is CN(Cc1nc(C(=O)N(C)C2CCCCC2)cn1-c1ccc(Cl)cc1)c1ccc(F)cc1. The number of hydrogen-bond acceptors (Lipinski definition) is 3. The van der Waals surface area contributed by atoms with Crippen molar-refractivity contribution >= 4 is 23.2 Å². The summed E-state index contributed by atoms with van der Waals surface area (Å²) < 4.78 is 15.3. The molecule has 1 amide bonds. The number of halogens is 2. The molecule has 5 nitrogen and oxygen atoms in total. The van der Waals surface area contributed by atoms with E-state index < -0.39 is 0 Å². The molecule has 1 aliphatic carbocycles. The van der Waals surface area contributed by atoms with Gasteiger partial charge in [0.25, 0.3) is 5.91 Å². The molecule has 0 aliphatic heterocycles. The maximum atomic E-state index is 13.3. The van der Waals surface area contributed by atoms with E-state index in [2.05, 4.69) is 0 Å². The number of aromatic nitrogens is 2. The Balaban J connectivity index is 1.64. The number of benzene rings is 2. The highest BCUT2D eigenvalue weighted by atomic mass is 35.5. The van der Waals surface area contributed by atoms with Crippen molar-refractivity contribution in [3.05, 3.63) is 77.1 Å². The van der Waals surface area contributed by atoms with Gasteiger partial charge < -0.3 is 14.4 Å². The molecular formula is C25H28ClFN4O. The van der Waals surface area contributed by atoms with Gasteiger partial charge in [-0.2, -0.15) is 0 Å². The van der Waals surface area contributed by atoms with Gasteiger partial charge >= 0.3 is 0 Å². The summed E-state index contributed by atoms with van der Waals surface area (Å²) in [6.45, 7) is 0.453. The zero-order valence-corrected chi connectivity index (χ0v) is 19.2. The average Bonchev–Trinajstić information content (AvgIpc) is 3.23. The van der Waals surface area contributed by atoms with E-state index in [1.54, 1.807) is 18.3 Å². The second kappa shape index (κ2) is 9.74. The summed E-state index contributed by atoms with van der Waals surface area (Å²) in [5, 5.41) is 0.646. The smallest absolute Gasteiger partial charge is 0.274 e. The summed E-state index contributed by atoms with van der Waals surface area (Å²) in [5.41, 5.74) is 2.17. The normalized spacial score (nSPS) is 14.4. The van der Waals surface area contributed by atoms with E-state index in [1.807, 2.05) is 52.7 Å². The molecule has 0 unspecified atom stereocenters. The van der Waals surface area contributed by atoms with Crippen LogP contribution in [-0.4, -0.2) is 40.5 Å². The van der Waals surface area contributed by atoms with Crippen molar-refractivity contribution in [1.82, 2.24) is 14.5 Å². The lowest BCUT2D eigenvalue weighted by Crippen LogP contribution is -2.38. The maximum Gasteiger partial charge on any atom is 0.274 e. The first-order chi connectivity index (χ1) is 15.4. The van der Waals surface area contributed by atoms with Crippen LogP contribution < -0.4 is 4.90 Å². The molecule has 7 heteroatoms. The summed E-state index contributed by atoms with van der Waals surface area (Å²) >= 11 is 6.07. The van der Waals surface area contributed by atoms with Gasteiger partial charge in [-0.1, -0.05) is 30.9 Å². The fourth-order valence-corrected chi connectivity index (χ4v) is 4.40. The fourth-order valence-electron chi connectivity index (χ4n) is 4.27. The molecular weight excluding hydrogens is 427 g/mol. The molecule has 0 atom stereocenters. The highest BCUT2D eigenvalue weighted by Gasteiger charge is 2.26. The number of imidazole rings is 1. The Morgan fingerprint density at radius 3 is 2.38 bits per heavy atom. The minimum Gasteiger partial charge on any atom is -0.367 e. The molecule has 1 aromatic heterocycles. The minimum absolute atomic E-state index is 0.0599. The van der Waals surface area contributed by atoms with E-state index in [-0.39, 0.29) is 17.8 Å². The van der Waals surface area contributed by atoms with Gasteiger partial charge in [-0.05, 0) is 61.4 Å². The molecule has 32 heavy (non-hydrogen) atoms. The van der Waals surface area contributed by atoms with Gasteiger partial charge in [0, 0.05) is 42.7 Å². The van der Waals surface area contributed by atoms with E-state index in [1.165, 1.54) is 18.6 Å². The summed E-state index contributed by atoms with van der Waals surface area (Å²) in [6.07, 6.45) is 7.45. The van der Waals surface area contributed by atoms with Crippen LogP contribution in [0.3, 0.4) is 0 Å². The molecule has 168 valence electrons. The maximum absolute atomic E-state index is 13.3. The molecule has 4 rings (SSSR count). The molecule has 0 radical (unpaired) electrons. The second-order valence-corrected chi connectivity index (χ2v) is 8.87. The number of amides is 1. The Hall–Kier alpha value is -2.86. The Labute approximate surface area is 193 Å². The Kier molecular flexibility index (Phi) is 6.80. The van der Waals surface area contributed by atoms with Crippen LogP contribution in [0.4, 0.5) is 10.1 Å². The number of rotatable bonds is 6. The Morgan fingerprint density at radius 1 is 1.06 bits per heavy atom. The molecule has 1 fully saturated rings. The quantitative estimate of drug-likeness (QED) is 0.479. The Morgan fingerprint density at radius 2 is 1.72 bits per heavy atom. The third-order valence-corrected chi connectivity index (χ3v) is 6.44. The highest BCUT2D eigenvalue weighted by molar-refractivity contribution is 6.30. The van der Waals surface area contributed by atoms with Gasteiger partial charge in [-0.3, -0.25) is 4.79 Å². The van der Waals surface area contributed by atoms with Crippen LogP contribution in [0.2, 0.25) is 5.02 Å². The highest BCUT2D eigenvalue weighted by Crippen LogP contribution is 2.24. The summed E-state index contributed by atoms with van der Waals surface area (Å²) in [6, 6.07) is 14.1. The predicted octanol–water partition coefficient (Wildman–Crippen LogP) is 5.71. The fraction of sp³-hybridized carbons (Fsp3) is 0.360. The standard InChI is InChI=1S/C25H28ClFN4O/c1-29(20-14-10-19(27)11-15-20)17-24-28-23(16-31(24)22-12-8-18(26)9-13-22)25(32)30(2)21-6-4-3-5-7-21/h8-16,21H,3-7,17H2,1-2H3. The van der Waals surface area contributed by atoms with Crippen molar-refractivity contribution in [2.75, 3.05) is 19.0 Å². The lowest BCUT2D eigenvalue weighted by Gasteiger charge is -2.30. The predicted molar refractivity (Wildman–Crippen MR) is 126 cm³/mol. The third-order valence-electron chi connectivity index (χ3n) is 6.19. The summed E-state index contributed by atoms with van der Waals surface area (Å²) in [5.74, 6) is 0.387. The van der Waals surface area contributed by atoms with Crippen LogP contribution in [0.1, 0.15) is 48.4 Å². The molecule has 3 aromatic rings. The van der Waals surface area contributed by atoms with Crippen LogP contribution in [0.5, 0.6) is 0 Å². The van der Waals surface area contributed by atoms with Gasteiger partial charge in [0.1, 0.15) is 17.3 Å². The van der Waals surface area contributed by atoms with E-state index in [9.17, 15) is 9.18 Å². The molecule has 0 bridgehead atoms. The van der Waals surface area contributed by atoms with Gasteiger partial charge in [0.05, 0.1) is 6.54 Å². The van der Waals surface area contributed by atoms with E-state index in [0.717, 1.165) is 42.9 Å². The topological polar surface area (TPSA) is 41.4 Å². The number of hydrogen-bond donors (Lipinski definition) is 0. The van der Waals surface area contributed by atoms with Crippen molar-refractivity contribution in [2.24, 2.45) is 0 Å². The monoisotopic (exact) mass is 454 g/mol. The number of anilines is 1. The van der Waals surface area contributed by atoms with Crippen molar-refractivity contribution in [1.29, 1.82) is 0 Å². The van der Waals surface area contributed by atoms with E-state index in [4.69, 9.17) is 16.6 Å². The lowest BCUT2D eigenvalue weighted by atomic mass is 9.94. The average molecular weight is 455 g/mol. The molecule has 0 N–H and O–H groups in total. The number of nitrogens with zero attached hydrogens (tertiary/aromatic N) is 4. The van der Waals surface area contributed by atoms with Crippen molar-refractivity contribution < 1.29 is 9.18 Å². The third kappa shape index (κ3) is 4.96. The molecule has 1 heterocycles. The molecule has 0 spiro atoms. The summed E-state index contributed by atoms with van der Waals surface area (Å²) in [4.78, 5) is 21.8. The van der Waals surface area contributed by atoms with Gasteiger partial charge in [0.2, 0.25) is 0 Å². The summed E-state index contributed by atoms with van der Waals surface area (Å²) in [7, 11) is 3.80. The van der Waals surface area contributed by atoms with Crippen LogP contribution in [-0.2, 0) is 6.54 Å². The minimum atomic E-state index is -0.275. The van der Waals surface area contributed by atoms with Crippen molar-refractivity contribution in [3.8, 4) is 5.69 Å². The van der Waals surface area contributed by atoms with Crippen LogP contribution in [0.15, 0.2) is 54.7 Å². The zero-order valence-electron chi connectivity index (χ0n) is 18.5. The van der Waals surface area contributed by atoms with Gasteiger partial charge in [-0.25, -0.2) is 9.37 Å². The van der Waals surface area contributed by atoms with Crippen molar-refractivity contribution in [3.63, 3.8) is 0 Å². The van der Waals surface area contributed by atoms with Crippen molar-refractivity contribution in [2.45, 2.75) is 44.7 Å². The first-order valence-corrected chi connectivity index (χ1v) is 11.4. The lowest BCUT2D eigenvalue weighted by molar-refractivity contribution is 0.0690. The largest absolute Gasteiger partial charge is 0.367 e. The van der Waals surface area contributed by atoms with Crippen LogP contribution in [0.25, 0.3) is 5.69 Å². The second-order valence-electron chi connectivity index (χ2n) is 8.43. The number of carbonyl (C=O) groups is 1. The van der Waals surface area contributed by atoms with E-state index >= 15 is 0 Å². The molecule has 1 aliphatic rings. The van der Waals surface area contributed by atoms with E-state index in [0.29, 0.717) is 17.3 Å². The van der Waals surface area contributed by atoms with Crippen LogP contribution in [0, 0.1) is 5.82 Å². The van der Waals surface area contributed by atoms with Crippen LogP contribution >= 0.6 is 11.6 Å². The number of carbonyl (C=O) groups excluding carboxylic acids is 1. The van der Waals surface area contributed by atoms with Gasteiger partial charge in [-0.15, -0.1) is 0 Å². The zero-order chi connectivity index (χ0) is 22.7. The van der Waals surface area contributed by atoms with Gasteiger partial charge in [0.15, 0.2) is 0 Å². The molecule has 1 saturated carbocycles. The Bertz CT molecular complexity index is 1060. The first kappa shape index (κ1) is 22.3. The molecule has 2 aromatic carbocycles. The molecule has 0 saturated heterocycles.